The summed E-state index contributed by atoms with van der Waals surface area (Å²) in [6.07, 6.45) is 1.46. The number of pyridine rings is 1. The van der Waals surface area contributed by atoms with Crippen LogP contribution in [0.3, 0.4) is 0 Å². The van der Waals surface area contributed by atoms with Crippen molar-refractivity contribution in [2.45, 2.75) is 83.1 Å². The number of carboxylic acid groups (broad SMARTS) is 6. The molecule has 25 nitrogen and oxygen atoms in total. The second-order valence-corrected chi connectivity index (χ2v) is 18.1. The van der Waals surface area contributed by atoms with Gasteiger partial charge in [-0.15, -0.1) is 0 Å². The van der Waals surface area contributed by atoms with E-state index >= 15 is 0 Å². The first-order chi connectivity index (χ1) is 34.1. The average molecular weight is 1080 g/mol. The van der Waals surface area contributed by atoms with Crippen LogP contribution in [-0.2, 0) is 51.4 Å². The number of rotatable bonds is 28. The van der Waals surface area contributed by atoms with Crippen LogP contribution in [0.1, 0.15) is 73.4 Å². The van der Waals surface area contributed by atoms with E-state index in [0.717, 1.165) is 0 Å². The van der Waals surface area contributed by atoms with E-state index in [1.165, 1.54) is 6.92 Å². The number of urea groups is 1. The Kier molecular flexibility index (Phi) is 25.7. The van der Waals surface area contributed by atoms with Crippen molar-refractivity contribution < 1.29 is 78.6 Å². The summed E-state index contributed by atoms with van der Waals surface area (Å²) in [6, 6.07) is 4.89. The van der Waals surface area contributed by atoms with Gasteiger partial charge in [-0.05, 0) is 84.3 Å². The molecule has 0 aliphatic carbocycles. The second-order valence-electron chi connectivity index (χ2n) is 17.3. The van der Waals surface area contributed by atoms with Crippen molar-refractivity contribution in [2.24, 2.45) is 0 Å². The van der Waals surface area contributed by atoms with Gasteiger partial charge >= 0.3 is 41.8 Å². The molecule has 2 aromatic rings. The van der Waals surface area contributed by atoms with E-state index in [0.29, 0.717) is 27.7 Å². The fraction of sp³-hybridized carbons (Fsp3) is 0.543. The van der Waals surface area contributed by atoms with E-state index in [9.17, 15) is 78.6 Å². The summed E-state index contributed by atoms with van der Waals surface area (Å²) < 4.78 is 0.578. The van der Waals surface area contributed by atoms with Gasteiger partial charge in [0.25, 0.3) is 5.91 Å². The van der Waals surface area contributed by atoms with Crippen LogP contribution in [0.5, 0.6) is 0 Å². The lowest BCUT2D eigenvalue weighted by molar-refractivity contribution is -0.145. The van der Waals surface area contributed by atoms with Crippen LogP contribution in [0, 0.1) is 0 Å². The Balaban J connectivity index is 1.64. The standard InChI is InChI=1S/C46H64BrN9O16/c1-30(57)5-11-35(44(68)69)51-46(72)50-34(43(66)67)4-2-3-15-56(26-32-8-13-37(47)48-25-32)42(65)33-9-6-31(7-10-33)24-49-38(58)14-12-36(45(70)71)55-22-20-53(28-40(61)62)18-16-52(27-39(59)60)17-19-54(21-23-55)29-41(63)64/h6-10,13,25,34-36H,2-5,11-12,14-24,26-29H2,1H3,(H,49,58)(H,59,60)(H,61,62)(H,63,64)(H,66,67)(H,68,69)(H,70,71)(H2,50,51,72)/t34-,35-,36?/m1/s1. The van der Waals surface area contributed by atoms with Crippen molar-refractivity contribution in [1.82, 2.24) is 45.4 Å². The van der Waals surface area contributed by atoms with Crippen LogP contribution in [0.15, 0.2) is 47.2 Å². The van der Waals surface area contributed by atoms with Gasteiger partial charge in [0.05, 0.1) is 19.6 Å². The number of carboxylic acids is 6. The first kappa shape index (κ1) is 59.7. The maximum absolute atomic E-state index is 13.9. The molecule has 396 valence electrons. The third kappa shape index (κ3) is 23.1. The molecule has 4 amide bonds. The SMILES string of the molecule is CC(=O)CC[C@@H](NC(=O)N[C@H](CCCCN(Cc1ccc(Br)nc1)C(=O)c1ccc(CNC(=O)CCC(C(=O)O)N2CCN(CC(=O)O)CCN(CC(=O)O)CCN(CC(=O)O)CC2)cc1)C(=O)O)C(=O)O. The average Bonchev–Trinajstić information content (AvgIpc) is 3.30. The van der Waals surface area contributed by atoms with Crippen molar-refractivity contribution in [3.63, 3.8) is 0 Å². The molecule has 1 aliphatic rings. The predicted molar refractivity (Wildman–Crippen MR) is 258 cm³/mol. The van der Waals surface area contributed by atoms with Gasteiger partial charge in [-0.1, -0.05) is 18.2 Å². The van der Waals surface area contributed by atoms with Crippen molar-refractivity contribution >= 4 is 75.4 Å². The number of unbranched alkanes of at least 4 members (excludes halogenated alkanes) is 1. The van der Waals surface area contributed by atoms with E-state index in [2.05, 4.69) is 36.9 Å². The summed E-state index contributed by atoms with van der Waals surface area (Å²) in [7, 11) is 0. The number of aromatic nitrogens is 1. The highest BCUT2D eigenvalue weighted by molar-refractivity contribution is 9.10. The molecule has 1 saturated heterocycles. The third-order valence-corrected chi connectivity index (χ3v) is 12.1. The van der Waals surface area contributed by atoms with Crippen molar-refractivity contribution in [2.75, 3.05) is 78.5 Å². The highest BCUT2D eigenvalue weighted by atomic mass is 79.9. The molecule has 1 unspecified atom stereocenters. The van der Waals surface area contributed by atoms with Gasteiger partial charge in [-0.3, -0.25) is 48.4 Å². The lowest BCUT2D eigenvalue weighted by atomic mass is 10.1. The molecule has 0 bridgehead atoms. The van der Waals surface area contributed by atoms with Gasteiger partial charge < -0.3 is 56.3 Å². The summed E-state index contributed by atoms with van der Waals surface area (Å²) in [5.74, 6) is -8.46. The molecule has 0 radical (unpaired) electrons. The van der Waals surface area contributed by atoms with Crippen molar-refractivity contribution in [3.05, 3.63) is 63.9 Å². The van der Waals surface area contributed by atoms with Crippen LogP contribution in [-0.4, -0.2) is 216 Å². The Morgan fingerprint density at radius 2 is 1.12 bits per heavy atom. The maximum atomic E-state index is 13.9. The molecule has 3 rings (SSSR count). The smallest absolute Gasteiger partial charge is 0.326 e. The van der Waals surface area contributed by atoms with Crippen LogP contribution in [0.2, 0.25) is 0 Å². The molecule has 0 spiro atoms. The monoisotopic (exact) mass is 1080 g/mol. The molecular weight excluding hydrogens is 1010 g/mol. The number of carbonyl (C=O) groups is 10. The number of halogens is 1. The number of hydrogen-bond acceptors (Lipinski definition) is 15. The molecule has 0 saturated carbocycles. The Morgan fingerprint density at radius 1 is 0.625 bits per heavy atom. The van der Waals surface area contributed by atoms with Gasteiger partial charge in [0.1, 0.15) is 28.5 Å². The van der Waals surface area contributed by atoms with E-state index in [1.807, 2.05) is 0 Å². The van der Waals surface area contributed by atoms with Crippen molar-refractivity contribution in [3.8, 4) is 0 Å². The third-order valence-electron chi connectivity index (χ3n) is 11.6. The molecule has 1 aromatic carbocycles. The fourth-order valence-corrected chi connectivity index (χ4v) is 7.96. The van der Waals surface area contributed by atoms with E-state index in [-0.39, 0.29) is 142 Å². The zero-order valence-electron chi connectivity index (χ0n) is 39.9. The Bertz CT molecular complexity index is 2150. The minimum absolute atomic E-state index is 0.0302. The summed E-state index contributed by atoms with van der Waals surface area (Å²) in [5.41, 5.74) is 1.61. The number of carbonyl (C=O) groups excluding carboxylic acids is 4. The number of ketones is 1. The lowest BCUT2D eigenvalue weighted by Crippen LogP contribution is -2.52. The first-order valence-electron chi connectivity index (χ1n) is 23.2. The topological polar surface area (TPSA) is 357 Å². The summed E-state index contributed by atoms with van der Waals surface area (Å²) in [5, 5.41) is 65.2. The number of benzene rings is 1. The molecule has 3 atom stereocenters. The van der Waals surface area contributed by atoms with E-state index in [4.69, 9.17) is 0 Å². The second kappa shape index (κ2) is 31.0. The minimum Gasteiger partial charge on any atom is -0.480 e. The molecule has 2 heterocycles. The molecule has 9 N–H and O–H groups in total. The van der Waals surface area contributed by atoms with Gasteiger partial charge in [0.2, 0.25) is 5.91 Å². The van der Waals surface area contributed by atoms with E-state index < -0.39 is 65.9 Å². The Hall–Kier alpha value is -6.61. The van der Waals surface area contributed by atoms with Crippen LogP contribution < -0.4 is 16.0 Å². The van der Waals surface area contributed by atoms with Crippen LogP contribution in [0.25, 0.3) is 0 Å². The Morgan fingerprint density at radius 3 is 1.58 bits per heavy atom. The highest BCUT2D eigenvalue weighted by Crippen LogP contribution is 2.16. The predicted octanol–water partition coefficient (Wildman–Crippen LogP) is 0.557. The molecule has 1 fully saturated rings. The molecular formula is C46H64BrN9O16. The molecule has 72 heavy (non-hydrogen) atoms. The largest absolute Gasteiger partial charge is 0.480 e. The number of nitrogens with zero attached hydrogens (tertiary/aromatic N) is 6. The molecule has 26 heteroatoms. The number of amides is 4. The van der Waals surface area contributed by atoms with Gasteiger partial charge in [-0.2, -0.15) is 0 Å². The number of hydrogen-bond donors (Lipinski definition) is 9. The molecule has 1 aliphatic heterocycles. The Labute approximate surface area is 423 Å². The lowest BCUT2D eigenvalue weighted by Gasteiger charge is -2.35. The highest BCUT2D eigenvalue weighted by Gasteiger charge is 2.29. The zero-order chi connectivity index (χ0) is 53.3. The van der Waals surface area contributed by atoms with Gasteiger partial charge in [0.15, 0.2) is 0 Å². The van der Waals surface area contributed by atoms with Crippen LogP contribution >= 0.6 is 15.9 Å². The first-order valence-corrected chi connectivity index (χ1v) is 24.0. The van der Waals surface area contributed by atoms with Gasteiger partial charge in [0, 0.05) is 96.6 Å². The number of nitrogens with one attached hydrogen (secondary N) is 3. The zero-order valence-corrected chi connectivity index (χ0v) is 41.5. The summed E-state index contributed by atoms with van der Waals surface area (Å²) in [4.78, 5) is 134. The fourth-order valence-electron chi connectivity index (χ4n) is 7.72. The van der Waals surface area contributed by atoms with Crippen molar-refractivity contribution in [1.29, 1.82) is 0 Å². The number of aliphatic carboxylic acids is 6. The van der Waals surface area contributed by atoms with Gasteiger partial charge in [-0.25, -0.2) is 19.4 Å². The van der Waals surface area contributed by atoms with E-state index in [1.54, 1.807) is 67.1 Å². The minimum atomic E-state index is -1.41. The summed E-state index contributed by atoms with van der Waals surface area (Å²) in [6.45, 7) is 1.43. The normalized spacial score (nSPS) is 15.6. The van der Waals surface area contributed by atoms with Crippen LogP contribution in [0.4, 0.5) is 4.79 Å². The quantitative estimate of drug-likeness (QED) is 0.0415. The summed E-state index contributed by atoms with van der Waals surface area (Å²) >= 11 is 3.29. The number of Topliss-reactive ketones (excluding diaryl/α,β-unsaturated/α-hetero) is 1. The maximum Gasteiger partial charge on any atom is 0.326 e. The molecule has 1 aromatic heterocycles.